The van der Waals surface area contributed by atoms with Crippen molar-refractivity contribution in [3.63, 3.8) is 0 Å². The fraction of sp³-hybridized carbons (Fsp3) is 0.281. The van der Waals surface area contributed by atoms with Crippen molar-refractivity contribution in [2.24, 2.45) is 5.92 Å². The lowest BCUT2D eigenvalue weighted by molar-refractivity contribution is -0.138. The lowest BCUT2D eigenvalue weighted by atomic mass is 9.95. The van der Waals surface area contributed by atoms with Crippen LogP contribution in [0.1, 0.15) is 37.9 Å². The van der Waals surface area contributed by atoms with E-state index >= 15 is 0 Å². The van der Waals surface area contributed by atoms with E-state index < -0.39 is 12.1 Å². The van der Waals surface area contributed by atoms with E-state index in [1.165, 1.54) is 0 Å². The van der Waals surface area contributed by atoms with Crippen molar-refractivity contribution >= 4 is 17.8 Å². The molecular weight excluding hydrogens is 504 g/mol. The molecule has 2 aliphatic heterocycles. The summed E-state index contributed by atoms with van der Waals surface area (Å²) < 4.78 is 6.02. The summed E-state index contributed by atoms with van der Waals surface area (Å²) in [6, 6.07) is 24.9. The minimum Gasteiger partial charge on any atom is -0.457 e. The zero-order chi connectivity index (χ0) is 28.2. The van der Waals surface area contributed by atoms with Crippen molar-refractivity contribution < 1.29 is 19.1 Å². The molecule has 2 heterocycles. The van der Waals surface area contributed by atoms with Crippen molar-refractivity contribution in [2.45, 2.75) is 39.4 Å². The Labute approximate surface area is 234 Å². The second-order valence-electron chi connectivity index (χ2n) is 10.3. The summed E-state index contributed by atoms with van der Waals surface area (Å²) in [4.78, 5) is 43.9. The Balaban J connectivity index is 1.43. The number of nitrogens with one attached hydrogen (secondary N) is 2. The first-order valence-electron chi connectivity index (χ1n) is 13.6. The summed E-state index contributed by atoms with van der Waals surface area (Å²) in [5.74, 6) is 0.681. The molecule has 0 bridgehead atoms. The topological polar surface area (TPSA) is 91.0 Å². The Morgan fingerprint density at radius 2 is 1.65 bits per heavy atom. The van der Waals surface area contributed by atoms with Gasteiger partial charge in [-0.3, -0.25) is 14.5 Å². The van der Waals surface area contributed by atoms with Gasteiger partial charge in [-0.2, -0.15) is 0 Å². The van der Waals surface area contributed by atoms with Crippen LogP contribution in [-0.2, 0) is 16.1 Å². The maximum Gasteiger partial charge on any atom is 0.322 e. The molecule has 5 rings (SSSR count). The van der Waals surface area contributed by atoms with Crippen molar-refractivity contribution in [1.29, 1.82) is 0 Å². The van der Waals surface area contributed by atoms with Crippen LogP contribution in [0.5, 0.6) is 11.5 Å². The van der Waals surface area contributed by atoms with Gasteiger partial charge in [0.2, 0.25) is 5.91 Å². The highest BCUT2D eigenvalue weighted by molar-refractivity contribution is 6.03. The van der Waals surface area contributed by atoms with Gasteiger partial charge in [-0.25, -0.2) is 4.79 Å². The Bertz CT molecular complexity index is 1420. The van der Waals surface area contributed by atoms with Gasteiger partial charge >= 0.3 is 6.03 Å². The molecule has 0 aliphatic carbocycles. The van der Waals surface area contributed by atoms with Crippen LogP contribution in [0.2, 0.25) is 0 Å². The van der Waals surface area contributed by atoms with Gasteiger partial charge in [0.25, 0.3) is 5.91 Å². The number of para-hydroxylation sites is 1. The largest absolute Gasteiger partial charge is 0.457 e. The molecule has 40 heavy (non-hydrogen) atoms. The number of urea groups is 1. The Kier molecular flexibility index (Phi) is 7.86. The lowest BCUT2D eigenvalue weighted by Crippen LogP contribution is -2.51. The first-order chi connectivity index (χ1) is 19.4. The van der Waals surface area contributed by atoms with Crippen LogP contribution in [0.25, 0.3) is 0 Å². The molecule has 8 heteroatoms. The molecule has 4 amide bonds. The predicted octanol–water partition coefficient (Wildman–Crippen LogP) is 5.00. The first kappa shape index (κ1) is 27.0. The third kappa shape index (κ3) is 5.43. The van der Waals surface area contributed by atoms with Crippen LogP contribution in [0.15, 0.2) is 96.2 Å². The van der Waals surface area contributed by atoms with Gasteiger partial charge in [0, 0.05) is 13.1 Å². The van der Waals surface area contributed by atoms with Gasteiger partial charge < -0.3 is 20.3 Å². The highest BCUT2D eigenvalue weighted by Crippen LogP contribution is 2.39. The highest BCUT2D eigenvalue weighted by Gasteiger charge is 2.47. The number of amides is 4. The standard InChI is InChI=1S/C32H34N4O4/c1-4-35-26-20-36(29(21(2)3)30(37)33-19-22-12-7-5-8-13-22)31(38)27(26)28(34-32(35)39)23-14-11-17-25(18-23)40-24-15-9-6-10-16-24/h5-18,21,28-29H,4,19-20H2,1-3H3,(H,33,37)(H,34,39). The third-order valence-electron chi connectivity index (χ3n) is 7.28. The summed E-state index contributed by atoms with van der Waals surface area (Å²) in [6.07, 6.45) is 0. The fourth-order valence-electron chi connectivity index (χ4n) is 5.40. The van der Waals surface area contributed by atoms with E-state index in [1.54, 1.807) is 9.80 Å². The minimum absolute atomic E-state index is 0.138. The lowest BCUT2D eigenvalue weighted by Gasteiger charge is -2.33. The number of ether oxygens (including phenoxy) is 1. The van der Waals surface area contributed by atoms with Gasteiger partial charge in [-0.1, -0.05) is 74.5 Å². The van der Waals surface area contributed by atoms with E-state index in [-0.39, 0.29) is 30.3 Å². The maximum absolute atomic E-state index is 14.1. The summed E-state index contributed by atoms with van der Waals surface area (Å²) >= 11 is 0. The average molecular weight is 539 g/mol. The number of benzene rings is 3. The zero-order valence-corrected chi connectivity index (χ0v) is 23.0. The second kappa shape index (κ2) is 11.7. The number of likely N-dealkylation sites (N-methyl/N-ethyl adjacent to an activating group) is 1. The smallest absolute Gasteiger partial charge is 0.322 e. The normalized spacial score (nSPS) is 17.6. The van der Waals surface area contributed by atoms with E-state index in [9.17, 15) is 14.4 Å². The molecule has 0 fully saturated rings. The highest BCUT2D eigenvalue weighted by atomic mass is 16.5. The van der Waals surface area contributed by atoms with Crippen molar-refractivity contribution in [2.75, 3.05) is 13.1 Å². The summed E-state index contributed by atoms with van der Waals surface area (Å²) in [5.41, 5.74) is 2.83. The van der Waals surface area contributed by atoms with E-state index in [4.69, 9.17) is 4.74 Å². The number of carbonyl (C=O) groups excluding carboxylic acids is 3. The minimum atomic E-state index is -0.691. The number of rotatable bonds is 9. The van der Waals surface area contributed by atoms with Gasteiger partial charge in [0.1, 0.15) is 17.5 Å². The fourth-order valence-corrected chi connectivity index (χ4v) is 5.40. The van der Waals surface area contributed by atoms with E-state index in [2.05, 4.69) is 10.6 Å². The van der Waals surface area contributed by atoms with E-state index in [1.807, 2.05) is 106 Å². The second-order valence-corrected chi connectivity index (χ2v) is 10.3. The van der Waals surface area contributed by atoms with Crippen molar-refractivity contribution in [1.82, 2.24) is 20.4 Å². The number of nitrogens with zero attached hydrogens (tertiary/aromatic N) is 2. The van der Waals surface area contributed by atoms with Crippen LogP contribution in [0.3, 0.4) is 0 Å². The molecule has 3 aromatic carbocycles. The Morgan fingerprint density at radius 3 is 2.33 bits per heavy atom. The number of carbonyl (C=O) groups is 3. The van der Waals surface area contributed by atoms with Crippen LogP contribution in [0, 0.1) is 5.92 Å². The molecule has 0 spiro atoms. The Morgan fingerprint density at radius 1 is 0.975 bits per heavy atom. The number of hydrogen-bond donors (Lipinski definition) is 2. The molecule has 2 unspecified atom stereocenters. The molecule has 206 valence electrons. The summed E-state index contributed by atoms with van der Waals surface area (Å²) in [7, 11) is 0. The van der Waals surface area contributed by atoms with Crippen LogP contribution >= 0.6 is 0 Å². The molecule has 2 atom stereocenters. The van der Waals surface area contributed by atoms with E-state index in [0.717, 1.165) is 11.1 Å². The summed E-state index contributed by atoms with van der Waals surface area (Å²) in [6.45, 7) is 6.70. The van der Waals surface area contributed by atoms with Crippen LogP contribution in [0.4, 0.5) is 4.79 Å². The van der Waals surface area contributed by atoms with Gasteiger partial charge in [-0.15, -0.1) is 0 Å². The molecule has 0 saturated carbocycles. The van der Waals surface area contributed by atoms with Gasteiger partial charge in [0.15, 0.2) is 0 Å². The molecule has 8 nitrogen and oxygen atoms in total. The first-order valence-corrected chi connectivity index (χ1v) is 13.6. The molecule has 0 saturated heterocycles. The molecular formula is C32H34N4O4. The molecule has 3 aromatic rings. The predicted molar refractivity (Wildman–Crippen MR) is 152 cm³/mol. The molecule has 0 radical (unpaired) electrons. The number of hydrogen-bond acceptors (Lipinski definition) is 4. The SMILES string of the molecule is CCN1C(=O)NC(c2cccc(Oc3ccccc3)c2)C2=C1CN(C(C(=O)NCc1ccccc1)C(C)C)C2=O. The van der Waals surface area contributed by atoms with E-state index in [0.29, 0.717) is 35.9 Å². The monoisotopic (exact) mass is 538 g/mol. The van der Waals surface area contributed by atoms with Crippen molar-refractivity contribution in [3.05, 3.63) is 107 Å². The molecule has 2 N–H and O–H groups in total. The van der Waals surface area contributed by atoms with Gasteiger partial charge in [0.05, 0.1) is 23.9 Å². The van der Waals surface area contributed by atoms with Crippen LogP contribution in [-0.4, -0.2) is 46.8 Å². The molecule has 0 aromatic heterocycles. The molecule has 2 aliphatic rings. The zero-order valence-electron chi connectivity index (χ0n) is 23.0. The van der Waals surface area contributed by atoms with Crippen LogP contribution < -0.4 is 15.4 Å². The quantitative estimate of drug-likeness (QED) is 0.401. The Hall–Kier alpha value is -4.59. The average Bonchev–Trinajstić information content (AvgIpc) is 3.28. The van der Waals surface area contributed by atoms with Crippen molar-refractivity contribution in [3.8, 4) is 11.5 Å². The summed E-state index contributed by atoms with van der Waals surface area (Å²) in [5, 5.41) is 6.02. The maximum atomic E-state index is 14.1. The van der Waals surface area contributed by atoms with Gasteiger partial charge in [-0.05, 0) is 48.2 Å². The third-order valence-corrected chi connectivity index (χ3v) is 7.28.